The van der Waals surface area contributed by atoms with Gasteiger partial charge in [-0.15, -0.1) is 0 Å². The fourth-order valence-corrected chi connectivity index (χ4v) is 2.45. The molecule has 1 atom stereocenters. The Hall–Kier alpha value is -1.80. The number of hydrogen-bond donors (Lipinski definition) is 1. The monoisotopic (exact) mass is 283 g/mol. The molecule has 2 heteroatoms. The van der Waals surface area contributed by atoms with Gasteiger partial charge >= 0.3 is 0 Å². The Labute approximate surface area is 128 Å². The molecule has 0 unspecified atom stereocenters. The quantitative estimate of drug-likeness (QED) is 0.834. The summed E-state index contributed by atoms with van der Waals surface area (Å²) in [7, 11) is 0. The van der Waals surface area contributed by atoms with Crippen molar-refractivity contribution in [1.29, 1.82) is 0 Å². The molecule has 0 aliphatic rings. The van der Waals surface area contributed by atoms with Gasteiger partial charge in [-0.1, -0.05) is 36.4 Å². The van der Waals surface area contributed by atoms with E-state index in [-0.39, 0.29) is 6.10 Å². The lowest BCUT2D eigenvalue weighted by Gasteiger charge is -2.17. The summed E-state index contributed by atoms with van der Waals surface area (Å²) in [5.74, 6) is 0.938. The van der Waals surface area contributed by atoms with Gasteiger partial charge in [0, 0.05) is 12.6 Å². The Morgan fingerprint density at radius 2 is 1.76 bits per heavy atom. The van der Waals surface area contributed by atoms with Crippen LogP contribution >= 0.6 is 0 Å². The summed E-state index contributed by atoms with van der Waals surface area (Å²) in [5, 5.41) is 3.58. The normalized spacial score (nSPS) is 12.4. The first-order valence-corrected chi connectivity index (χ1v) is 7.61. The van der Waals surface area contributed by atoms with Gasteiger partial charge in [0.15, 0.2) is 0 Å². The first-order valence-electron chi connectivity index (χ1n) is 7.61. The average molecular weight is 283 g/mol. The lowest BCUT2D eigenvalue weighted by Crippen LogP contribution is -2.19. The molecule has 0 aromatic heterocycles. The smallest absolute Gasteiger partial charge is 0.120 e. The fourth-order valence-electron chi connectivity index (χ4n) is 2.45. The highest BCUT2D eigenvalue weighted by Gasteiger charge is 2.07. The number of aryl methyl sites for hydroxylation is 1. The molecule has 0 amide bonds. The predicted molar refractivity (Wildman–Crippen MR) is 88.6 cm³/mol. The molecule has 0 bridgehead atoms. The minimum Gasteiger partial charge on any atom is -0.491 e. The van der Waals surface area contributed by atoms with Crippen LogP contribution in [0.5, 0.6) is 5.75 Å². The van der Waals surface area contributed by atoms with Gasteiger partial charge in [-0.25, -0.2) is 0 Å². The van der Waals surface area contributed by atoms with Crippen LogP contribution < -0.4 is 10.1 Å². The molecular formula is C19H25NO. The number of ether oxygens (including phenoxy) is 1. The molecule has 0 fully saturated rings. The summed E-state index contributed by atoms with van der Waals surface area (Å²) in [4.78, 5) is 0. The zero-order valence-corrected chi connectivity index (χ0v) is 13.4. The van der Waals surface area contributed by atoms with Gasteiger partial charge in [0.25, 0.3) is 0 Å². The van der Waals surface area contributed by atoms with Gasteiger partial charge in [-0.3, -0.25) is 0 Å². The van der Waals surface area contributed by atoms with Gasteiger partial charge in [0.2, 0.25) is 0 Å². The predicted octanol–water partition coefficient (Wildman–Crippen LogP) is 4.63. The molecule has 1 N–H and O–H groups in total. The van der Waals surface area contributed by atoms with E-state index in [1.807, 2.05) is 26.0 Å². The van der Waals surface area contributed by atoms with Crippen LogP contribution in [0.3, 0.4) is 0 Å². The van der Waals surface area contributed by atoms with Gasteiger partial charge < -0.3 is 10.1 Å². The topological polar surface area (TPSA) is 21.3 Å². The van der Waals surface area contributed by atoms with E-state index in [4.69, 9.17) is 4.74 Å². The minimum absolute atomic E-state index is 0.208. The van der Waals surface area contributed by atoms with E-state index in [1.165, 1.54) is 16.7 Å². The van der Waals surface area contributed by atoms with E-state index in [0.29, 0.717) is 6.04 Å². The molecule has 0 aliphatic carbocycles. The molecule has 0 heterocycles. The Balaban J connectivity index is 1.98. The Kier molecular flexibility index (Phi) is 5.40. The Morgan fingerprint density at radius 1 is 1.00 bits per heavy atom. The van der Waals surface area contributed by atoms with E-state index in [1.54, 1.807) is 0 Å². The second-order valence-electron chi connectivity index (χ2n) is 5.77. The number of benzene rings is 2. The molecule has 2 nitrogen and oxygen atoms in total. The first kappa shape index (κ1) is 15.6. The molecule has 21 heavy (non-hydrogen) atoms. The third-order valence-corrected chi connectivity index (χ3v) is 3.54. The van der Waals surface area contributed by atoms with Crippen LogP contribution in [0.1, 0.15) is 43.5 Å². The minimum atomic E-state index is 0.208. The van der Waals surface area contributed by atoms with Gasteiger partial charge in [-0.05, 0) is 56.5 Å². The summed E-state index contributed by atoms with van der Waals surface area (Å²) in [6.07, 6.45) is 0.208. The Bertz CT molecular complexity index is 577. The number of nitrogens with one attached hydrogen (secondary N) is 1. The second-order valence-corrected chi connectivity index (χ2v) is 5.77. The van der Waals surface area contributed by atoms with Crippen molar-refractivity contribution >= 4 is 0 Å². The van der Waals surface area contributed by atoms with Crippen molar-refractivity contribution in [3.05, 3.63) is 65.2 Å². The number of hydrogen-bond acceptors (Lipinski definition) is 2. The highest BCUT2D eigenvalue weighted by Crippen LogP contribution is 2.19. The third kappa shape index (κ3) is 4.61. The highest BCUT2D eigenvalue weighted by atomic mass is 16.5. The maximum absolute atomic E-state index is 5.74. The van der Waals surface area contributed by atoms with Crippen molar-refractivity contribution in [2.45, 2.75) is 46.4 Å². The van der Waals surface area contributed by atoms with E-state index in [9.17, 15) is 0 Å². The van der Waals surface area contributed by atoms with Gasteiger partial charge in [0.1, 0.15) is 5.75 Å². The lowest BCUT2D eigenvalue weighted by molar-refractivity contribution is 0.242. The van der Waals surface area contributed by atoms with Crippen molar-refractivity contribution in [3.63, 3.8) is 0 Å². The van der Waals surface area contributed by atoms with Gasteiger partial charge in [-0.2, -0.15) is 0 Å². The zero-order valence-electron chi connectivity index (χ0n) is 13.4. The molecule has 2 aromatic rings. The van der Waals surface area contributed by atoms with Crippen molar-refractivity contribution in [2.24, 2.45) is 0 Å². The largest absolute Gasteiger partial charge is 0.491 e. The van der Waals surface area contributed by atoms with E-state index in [2.05, 4.69) is 55.6 Å². The maximum atomic E-state index is 5.74. The Morgan fingerprint density at radius 3 is 2.48 bits per heavy atom. The number of rotatable bonds is 6. The van der Waals surface area contributed by atoms with E-state index in [0.717, 1.165) is 12.3 Å². The lowest BCUT2D eigenvalue weighted by atomic mass is 10.0. The molecule has 0 radical (unpaired) electrons. The van der Waals surface area contributed by atoms with Crippen LogP contribution in [-0.4, -0.2) is 6.10 Å². The average Bonchev–Trinajstić information content (AvgIpc) is 2.45. The third-order valence-electron chi connectivity index (χ3n) is 3.54. The first-order chi connectivity index (χ1) is 10.1. The van der Waals surface area contributed by atoms with Crippen LogP contribution in [0.4, 0.5) is 0 Å². The molecule has 112 valence electrons. The van der Waals surface area contributed by atoms with Crippen LogP contribution in [0, 0.1) is 6.92 Å². The summed E-state index contributed by atoms with van der Waals surface area (Å²) in [6, 6.07) is 17.1. The zero-order chi connectivity index (χ0) is 15.2. The molecule has 0 spiro atoms. The summed E-state index contributed by atoms with van der Waals surface area (Å²) in [6.45, 7) is 9.29. The second kappa shape index (κ2) is 7.28. The molecular weight excluding hydrogens is 258 g/mol. The van der Waals surface area contributed by atoms with E-state index < -0.39 is 0 Å². The van der Waals surface area contributed by atoms with Crippen LogP contribution in [-0.2, 0) is 6.54 Å². The summed E-state index contributed by atoms with van der Waals surface area (Å²) >= 11 is 0. The van der Waals surface area contributed by atoms with Gasteiger partial charge in [0.05, 0.1) is 6.10 Å². The van der Waals surface area contributed by atoms with Crippen LogP contribution in [0.25, 0.3) is 0 Å². The molecule has 0 aliphatic heterocycles. The maximum Gasteiger partial charge on any atom is 0.120 e. The highest BCUT2D eigenvalue weighted by molar-refractivity contribution is 5.30. The molecule has 0 saturated heterocycles. The van der Waals surface area contributed by atoms with Crippen LogP contribution in [0.2, 0.25) is 0 Å². The molecule has 0 saturated carbocycles. The summed E-state index contributed by atoms with van der Waals surface area (Å²) in [5.41, 5.74) is 3.93. The van der Waals surface area contributed by atoms with Crippen molar-refractivity contribution in [3.8, 4) is 5.75 Å². The van der Waals surface area contributed by atoms with Crippen molar-refractivity contribution < 1.29 is 4.74 Å². The SMILES string of the molecule is Cc1ccccc1[C@@H](C)NCc1cccc(OC(C)C)c1. The van der Waals surface area contributed by atoms with Crippen LogP contribution in [0.15, 0.2) is 48.5 Å². The van der Waals surface area contributed by atoms with E-state index >= 15 is 0 Å². The standard InChI is InChI=1S/C19H25NO/c1-14(2)21-18-10-7-9-17(12-18)13-20-16(4)19-11-6-5-8-15(19)3/h5-12,14,16,20H,13H2,1-4H3/t16-/m1/s1. The molecule has 2 rings (SSSR count). The fraction of sp³-hybridized carbons (Fsp3) is 0.368. The summed E-state index contributed by atoms with van der Waals surface area (Å²) < 4.78 is 5.74. The van der Waals surface area contributed by atoms with Crippen molar-refractivity contribution in [1.82, 2.24) is 5.32 Å². The molecule has 2 aromatic carbocycles. The van der Waals surface area contributed by atoms with Crippen molar-refractivity contribution in [2.75, 3.05) is 0 Å².